The molecular formula is C16H12FN3O. The topological polar surface area (TPSA) is 68.8 Å². The number of hydrogen-bond acceptors (Lipinski definition) is 4. The highest BCUT2D eigenvalue weighted by molar-refractivity contribution is 5.58. The number of halogens is 1. The van der Waals surface area contributed by atoms with Gasteiger partial charge in [0.1, 0.15) is 23.7 Å². The summed E-state index contributed by atoms with van der Waals surface area (Å²) in [5, 5.41) is 21.2. The summed E-state index contributed by atoms with van der Waals surface area (Å²) >= 11 is 0. The lowest BCUT2D eigenvalue weighted by Gasteiger charge is -2.16. The summed E-state index contributed by atoms with van der Waals surface area (Å²) in [5.41, 5.74) is 1.07. The lowest BCUT2D eigenvalue weighted by Crippen LogP contribution is -2.10. The molecule has 0 aliphatic carbocycles. The molecule has 0 heterocycles. The molecule has 0 amide bonds. The third kappa shape index (κ3) is 3.10. The van der Waals surface area contributed by atoms with Crippen LogP contribution in [0.2, 0.25) is 0 Å². The van der Waals surface area contributed by atoms with E-state index < -0.39 is 11.9 Å². The van der Waals surface area contributed by atoms with Crippen LogP contribution in [0.3, 0.4) is 0 Å². The van der Waals surface area contributed by atoms with Crippen molar-refractivity contribution < 1.29 is 9.13 Å². The second kappa shape index (κ2) is 6.40. The molecule has 1 atom stereocenters. The summed E-state index contributed by atoms with van der Waals surface area (Å²) in [5.74, 6) is -0.00407. The van der Waals surface area contributed by atoms with E-state index in [-0.39, 0.29) is 5.56 Å². The van der Waals surface area contributed by atoms with Gasteiger partial charge in [-0.1, -0.05) is 18.2 Å². The zero-order valence-electron chi connectivity index (χ0n) is 11.3. The van der Waals surface area contributed by atoms with Crippen LogP contribution < -0.4 is 10.1 Å². The zero-order valence-corrected chi connectivity index (χ0v) is 11.3. The summed E-state index contributed by atoms with van der Waals surface area (Å²) in [4.78, 5) is 0. The lowest BCUT2D eigenvalue weighted by molar-refractivity contribution is 0.416. The van der Waals surface area contributed by atoms with Crippen LogP contribution >= 0.6 is 0 Å². The number of anilines is 1. The molecule has 2 aromatic rings. The summed E-state index contributed by atoms with van der Waals surface area (Å²) < 4.78 is 18.5. The molecule has 0 saturated heterocycles. The minimum Gasteiger partial charge on any atom is -0.495 e. The van der Waals surface area contributed by atoms with E-state index in [2.05, 4.69) is 11.4 Å². The normalized spacial score (nSPS) is 11.0. The van der Waals surface area contributed by atoms with Gasteiger partial charge in [0.25, 0.3) is 0 Å². The molecule has 4 nitrogen and oxygen atoms in total. The van der Waals surface area contributed by atoms with Gasteiger partial charge in [0.2, 0.25) is 0 Å². The number of nitrogens with zero attached hydrogens (tertiary/aromatic N) is 2. The Morgan fingerprint density at radius 1 is 1.19 bits per heavy atom. The Morgan fingerprint density at radius 3 is 2.62 bits per heavy atom. The molecule has 1 N–H and O–H groups in total. The largest absolute Gasteiger partial charge is 0.495 e. The Balaban J connectivity index is 2.33. The summed E-state index contributed by atoms with van der Waals surface area (Å²) in [6, 6.07) is 14.3. The number of rotatable bonds is 4. The van der Waals surface area contributed by atoms with Crippen LogP contribution in [0.5, 0.6) is 5.75 Å². The van der Waals surface area contributed by atoms with Crippen LogP contribution in [-0.4, -0.2) is 7.11 Å². The molecule has 21 heavy (non-hydrogen) atoms. The van der Waals surface area contributed by atoms with Crippen molar-refractivity contribution in [2.24, 2.45) is 0 Å². The smallest absolute Gasteiger partial charge is 0.141 e. The predicted molar refractivity (Wildman–Crippen MR) is 76.1 cm³/mol. The van der Waals surface area contributed by atoms with Gasteiger partial charge >= 0.3 is 0 Å². The van der Waals surface area contributed by atoms with Crippen molar-refractivity contribution in [3.8, 4) is 17.9 Å². The number of ether oxygens (including phenoxy) is 1. The van der Waals surface area contributed by atoms with Gasteiger partial charge in [-0.25, -0.2) is 4.39 Å². The standard InChI is InChI=1S/C16H12FN3O/c1-21-16-5-3-2-4-14(16)20-15(10-19)11-6-7-13(17)12(8-11)9-18/h2-8,15,20H,1H3. The minimum absolute atomic E-state index is 0.0884. The fourth-order valence-corrected chi connectivity index (χ4v) is 1.92. The Labute approximate surface area is 122 Å². The molecular weight excluding hydrogens is 269 g/mol. The van der Waals surface area contributed by atoms with Crippen molar-refractivity contribution in [2.45, 2.75) is 6.04 Å². The number of hydrogen-bond donors (Lipinski definition) is 1. The van der Waals surface area contributed by atoms with Crippen molar-refractivity contribution in [1.29, 1.82) is 10.5 Å². The van der Waals surface area contributed by atoms with E-state index in [9.17, 15) is 9.65 Å². The van der Waals surface area contributed by atoms with Crippen molar-refractivity contribution >= 4 is 5.69 Å². The first-order chi connectivity index (χ1) is 10.2. The zero-order chi connectivity index (χ0) is 15.2. The maximum atomic E-state index is 13.3. The number of methoxy groups -OCH3 is 1. The van der Waals surface area contributed by atoms with Gasteiger partial charge in [0.15, 0.2) is 0 Å². The summed E-state index contributed by atoms with van der Waals surface area (Å²) in [7, 11) is 1.54. The lowest BCUT2D eigenvalue weighted by atomic mass is 10.0. The molecule has 0 aliphatic rings. The molecule has 0 fully saturated rings. The van der Waals surface area contributed by atoms with Gasteiger partial charge in [-0.05, 0) is 29.8 Å². The molecule has 0 bridgehead atoms. The van der Waals surface area contributed by atoms with Crippen LogP contribution in [0.4, 0.5) is 10.1 Å². The van der Waals surface area contributed by atoms with Crippen molar-refractivity contribution in [2.75, 3.05) is 12.4 Å². The van der Waals surface area contributed by atoms with Crippen molar-refractivity contribution in [3.63, 3.8) is 0 Å². The van der Waals surface area contributed by atoms with E-state index in [0.29, 0.717) is 17.0 Å². The van der Waals surface area contributed by atoms with Crippen LogP contribution in [0.15, 0.2) is 42.5 Å². The summed E-state index contributed by atoms with van der Waals surface area (Å²) in [6.07, 6.45) is 0. The number of para-hydroxylation sites is 2. The van der Waals surface area contributed by atoms with E-state index in [4.69, 9.17) is 10.00 Å². The molecule has 0 spiro atoms. The first-order valence-corrected chi connectivity index (χ1v) is 6.18. The highest BCUT2D eigenvalue weighted by Crippen LogP contribution is 2.28. The Bertz CT molecular complexity index is 731. The number of nitrogens with one attached hydrogen (secondary N) is 1. The van der Waals surface area contributed by atoms with Gasteiger partial charge in [0.05, 0.1) is 24.4 Å². The third-order valence-corrected chi connectivity index (χ3v) is 2.98. The summed E-state index contributed by atoms with van der Waals surface area (Å²) in [6.45, 7) is 0. The van der Waals surface area contributed by atoms with E-state index in [0.717, 1.165) is 0 Å². The number of nitriles is 2. The fourth-order valence-electron chi connectivity index (χ4n) is 1.92. The van der Waals surface area contributed by atoms with Crippen molar-refractivity contribution in [1.82, 2.24) is 0 Å². The SMILES string of the molecule is COc1ccccc1NC(C#N)c1ccc(F)c(C#N)c1. The maximum Gasteiger partial charge on any atom is 0.141 e. The maximum absolute atomic E-state index is 13.3. The van der Waals surface area contributed by atoms with Gasteiger partial charge < -0.3 is 10.1 Å². The average molecular weight is 281 g/mol. The van der Waals surface area contributed by atoms with E-state index in [1.165, 1.54) is 25.3 Å². The Morgan fingerprint density at radius 2 is 1.95 bits per heavy atom. The minimum atomic E-state index is -0.714. The van der Waals surface area contributed by atoms with Crippen LogP contribution in [-0.2, 0) is 0 Å². The molecule has 2 rings (SSSR count). The molecule has 104 valence electrons. The van der Waals surface area contributed by atoms with Gasteiger partial charge in [0, 0.05) is 0 Å². The van der Waals surface area contributed by atoms with Gasteiger partial charge in [-0.2, -0.15) is 10.5 Å². The Kier molecular flexibility index (Phi) is 4.38. The third-order valence-electron chi connectivity index (χ3n) is 2.98. The molecule has 2 aromatic carbocycles. The van der Waals surface area contributed by atoms with Gasteiger partial charge in [-0.15, -0.1) is 0 Å². The molecule has 0 aromatic heterocycles. The predicted octanol–water partition coefficient (Wildman–Crippen LogP) is 3.38. The quantitative estimate of drug-likeness (QED) is 0.932. The molecule has 1 unspecified atom stereocenters. The average Bonchev–Trinajstić information content (AvgIpc) is 2.53. The van der Waals surface area contributed by atoms with E-state index >= 15 is 0 Å². The van der Waals surface area contributed by atoms with Crippen LogP contribution in [0.1, 0.15) is 17.2 Å². The first kappa shape index (κ1) is 14.4. The molecule has 5 heteroatoms. The second-order valence-electron chi connectivity index (χ2n) is 4.26. The van der Waals surface area contributed by atoms with Crippen LogP contribution in [0.25, 0.3) is 0 Å². The first-order valence-electron chi connectivity index (χ1n) is 6.18. The number of benzene rings is 2. The highest BCUT2D eigenvalue weighted by atomic mass is 19.1. The molecule has 0 aliphatic heterocycles. The van der Waals surface area contributed by atoms with E-state index in [1.54, 1.807) is 18.2 Å². The second-order valence-corrected chi connectivity index (χ2v) is 4.26. The Hall–Kier alpha value is -3.05. The van der Waals surface area contributed by atoms with Crippen molar-refractivity contribution in [3.05, 3.63) is 59.4 Å². The van der Waals surface area contributed by atoms with Crippen LogP contribution in [0, 0.1) is 28.5 Å². The fraction of sp³-hybridized carbons (Fsp3) is 0.125. The highest BCUT2D eigenvalue weighted by Gasteiger charge is 2.14. The monoisotopic (exact) mass is 281 g/mol. The molecule has 0 radical (unpaired) electrons. The van der Waals surface area contributed by atoms with Gasteiger partial charge in [-0.3, -0.25) is 0 Å². The van der Waals surface area contributed by atoms with E-state index in [1.807, 2.05) is 12.1 Å². The molecule has 0 saturated carbocycles.